The van der Waals surface area contributed by atoms with Crippen molar-refractivity contribution in [1.82, 2.24) is 9.97 Å². The molecule has 3 heteroatoms. The smallest absolute Gasteiger partial charge is 0.125 e. The van der Waals surface area contributed by atoms with Crippen molar-refractivity contribution in [3.63, 3.8) is 0 Å². The van der Waals surface area contributed by atoms with Crippen molar-refractivity contribution in [2.45, 2.75) is 46.0 Å². The van der Waals surface area contributed by atoms with Crippen LogP contribution < -0.4 is 0 Å². The van der Waals surface area contributed by atoms with Crippen LogP contribution in [0.5, 0.6) is 0 Å². The van der Waals surface area contributed by atoms with Gasteiger partial charge in [-0.05, 0) is 50.1 Å². The quantitative estimate of drug-likeness (QED) is 0.659. The van der Waals surface area contributed by atoms with Gasteiger partial charge in [0, 0.05) is 16.0 Å². The zero-order valence-electron chi connectivity index (χ0n) is 12.3. The monoisotopic (exact) mass is 286 g/mol. The summed E-state index contributed by atoms with van der Waals surface area (Å²) in [5.74, 6) is 0.815. The summed E-state index contributed by atoms with van der Waals surface area (Å²) in [5.41, 5.74) is 0.968. The van der Waals surface area contributed by atoms with E-state index in [1.54, 1.807) is 6.20 Å². The number of rotatable bonds is 7. The van der Waals surface area contributed by atoms with Crippen LogP contribution in [0.2, 0.25) is 0 Å². The molecule has 2 rings (SSSR count). The van der Waals surface area contributed by atoms with Crippen LogP contribution in [-0.4, -0.2) is 9.97 Å². The van der Waals surface area contributed by atoms with Crippen molar-refractivity contribution in [2.75, 3.05) is 0 Å². The van der Waals surface area contributed by atoms with E-state index in [-0.39, 0.29) is 0 Å². The van der Waals surface area contributed by atoms with Crippen molar-refractivity contribution >= 4 is 23.5 Å². The molecule has 0 atom stereocenters. The van der Waals surface area contributed by atoms with E-state index >= 15 is 0 Å². The van der Waals surface area contributed by atoms with Crippen LogP contribution in [-0.2, 0) is 6.42 Å². The Morgan fingerprint density at radius 2 is 2.00 bits per heavy atom. The van der Waals surface area contributed by atoms with E-state index in [1.807, 2.05) is 24.3 Å². The molecule has 0 saturated carbocycles. The minimum atomic E-state index is 0.815. The number of aryl methyl sites for hydroxylation is 2. The first kappa shape index (κ1) is 14.9. The van der Waals surface area contributed by atoms with E-state index in [0.717, 1.165) is 11.5 Å². The summed E-state index contributed by atoms with van der Waals surface area (Å²) < 4.78 is 0. The highest BCUT2D eigenvalue weighted by Crippen LogP contribution is 2.21. The Bertz CT molecular complexity index is 558. The van der Waals surface area contributed by atoms with Crippen molar-refractivity contribution in [3.05, 3.63) is 45.7 Å². The molecule has 0 saturated heterocycles. The third-order valence-electron chi connectivity index (χ3n) is 3.18. The fourth-order valence-electron chi connectivity index (χ4n) is 2.08. The highest BCUT2D eigenvalue weighted by Gasteiger charge is 1.98. The van der Waals surface area contributed by atoms with Gasteiger partial charge >= 0.3 is 0 Å². The Balaban J connectivity index is 1.89. The van der Waals surface area contributed by atoms with Crippen molar-refractivity contribution < 1.29 is 0 Å². The summed E-state index contributed by atoms with van der Waals surface area (Å²) in [4.78, 5) is 11.3. The van der Waals surface area contributed by atoms with Gasteiger partial charge < -0.3 is 0 Å². The SMILES string of the molecule is CCCCCCc1ccc(C=Cc2ccnc(C)n2)s1. The van der Waals surface area contributed by atoms with Crippen LogP contribution in [0.3, 0.4) is 0 Å². The first-order valence-electron chi connectivity index (χ1n) is 7.34. The second kappa shape index (κ2) is 7.95. The van der Waals surface area contributed by atoms with Gasteiger partial charge in [-0.2, -0.15) is 0 Å². The molecule has 2 aromatic rings. The van der Waals surface area contributed by atoms with Crippen molar-refractivity contribution in [1.29, 1.82) is 0 Å². The van der Waals surface area contributed by atoms with Crippen molar-refractivity contribution in [2.24, 2.45) is 0 Å². The number of hydrogen-bond donors (Lipinski definition) is 0. The standard InChI is InChI=1S/C17H22N2S/c1-3-4-5-6-7-16-10-11-17(20-16)9-8-15-12-13-18-14(2)19-15/h8-13H,3-7H2,1-2H3. The molecular weight excluding hydrogens is 264 g/mol. The predicted molar refractivity (Wildman–Crippen MR) is 87.9 cm³/mol. The molecule has 106 valence electrons. The van der Waals surface area contributed by atoms with Crippen LogP contribution in [0.15, 0.2) is 24.4 Å². The number of unbranched alkanes of at least 4 members (excludes halogenated alkanes) is 3. The zero-order valence-corrected chi connectivity index (χ0v) is 13.1. The lowest BCUT2D eigenvalue weighted by Gasteiger charge is -1.96. The zero-order chi connectivity index (χ0) is 14.2. The van der Waals surface area contributed by atoms with Gasteiger partial charge in [0.1, 0.15) is 5.82 Å². The Morgan fingerprint density at radius 3 is 2.80 bits per heavy atom. The molecule has 2 heterocycles. The molecule has 0 fully saturated rings. The normalized spacial score (nSPS) is 11.3. The number of nitrogens with zero attached hydrogens (tertiary/aromatic N) is 2. The molecular formula is C17H22N2S. The highest BCUT2D eigenvalue weighted by atomic mass is 32.1. The summed E-state index contributed by atoms with van der Waals surface area (Å²) in [6.07, 6.45) is 12.5. The topological polar surface area (TPSA) is 25.8 Å². The van der Waals surface area contributed by atoms with E-state index in [1.165, 1.54) is 41.9 Å². The van der Waals surface area contributed by atoms with Gasteiger partial charge in [-0.25, -0.2) is 9.97 Å². The molecule has 2 aromatic heterocycles. The molecule has 0 radical (unpaired) electrons. The van der Waals surface area contributed by atoms with Crippen LogP contribution in [0.4, 0.5) is 0 Å². The summed E-state index contributed by atoms with van der Waals surface area (Å²) in [7, 11) is 0. The lowest BCUT2D eigenvalue weighted by Crippen LogP contribution is -1.87. The minimum Gasteiger partial charge on any atom is -0.242 e. The fraction of sp³-hybridized carbons (Fsp3) is 0.412. The molecule has 0 bridgehead atoms. The Labute approximate surface area is 125 Å². The van der Waals surface area contributed by atoms with Gasteiger partial charge in [0.25, 0.3) is 0 Å². The number of aromatic nitrogens is 2. The van der Waals surface area contributed by atoms with Crippen LogP contribution >= 0.6 is 11.3 Å². The number of hydrogen-bond acceptors (Lipinski definition) is 3. The Hall–Kier alpha value is -1.48. The van der Waals surface area contributed by atoms with E-state index < -0.39 is 0 Å². The average molecular weight is 286 g/mol. The maximum absolute atomic E-state index is 4.37. The molecule has 0 aromatic carbocycles. The summed E-state index contributed by atoms with van der Waals surface area (Å²) in [6, 6.07) is 6.38. The predicted octanol–water partition coefficient (Wildman–Crippen LogP) is 5.14. The maximum atomic E-state index is 4.37. The van der Waals surface area contributed by atoms with Crippen LogP contribution in [0, 0.1) is 6.92 Å². The fourth-order valence-corrected chi connectivity index (χ4v) is 3.04. The van der Waals surface area contributed by atoms with Gasteiger partial charge in [0.05, 0.1) is 5.69 Å². The van der Waals surface area contributed by atoms with Gasteiger partial charge in [0.2, 0.25) is 0 Å². The summed E-state index contributed by atoms with van der Waals surface area (Å²) >= 11 is 1.88. The molecule has 20 heavy (non-hydrogen) atoms. The molecule has 0 unspecified atom stereocenters. The van der Waals surface area contributed by atoms with E-state index in [4.69, 9.17) is 0 Å². The molecule has 0 aliphatic rings. The van der Waals surface area contributed by atoms with Crippen LogP contribution in [0.25, 0.3) is 12.2 Å². The van der Waals surface area contributed by atoms with Gasteiger partial charge in [-0.1, -0.05) is 26.2 Å². The van der Waals surface area contributed by atoms with E-state index in [9.17, 15) is 0 Å². The molecule has 0 aliphatic carbocycles. The van der Waals surface area contributed by atoms with Crippen molar-refractivity contribution in [3.8, 4) is 0 Å². The maximum Gasteiger partial charge on any atom is 0.125 e. The second-order valence-electron chi connectivity index (χ2n) is 4.98. The van der Waals surface area contributed by atoms with E-state index in [0.29, 0.717) is 0 Å². The Morgan fingerprint density at radius 1 is 1.10 bits per heavy atom. The molecule has 2 nitrogen and oxygen atoms in total. The first-order chi connectivity index (χ1) is 9.78. The van der Waals surface area contributed by atoms with Gasteiger partial charge in [0.15, 0.2) is 0 Å². The number of thiophene rings is 1. The third kappa shape index (κ3) is 4.89. The summed E-state index contributed by atoms with van der Waals surface area (Å²) in [5, 5.41) is 0. The lowest BCUT2D eigenvalue weighted by molar-refractivity contribution is 0.670. The van der Waals surface area contributed by atoms with Gasteiger partial charge in [-0.15, -0.1) is 11.3 Å². The minimum absolute atomic E-state index is 0.815. The first-order valence-corrected chi connectivity index (χ1v) is 8.16. The average Bonchev–Trinajstić information content (AvgIpc) is 2.89. The highest BCUT2D eigenvalue weighted by molar-refractivity contribution is 7.12. The van der Waals surface area contributed by atoms with Gasteiger partial charge in [-0.3, -0.25) is 0 Å². The van der Waals surface area contributed by atoms with E-state index in [2.05, 4.69) is 41.2 Å². The second-order valence-corrected chi connectivity index (χ2v) is 6.18. The molecule has 0 spiro atoms. The Kier molecular flexibility index (Phi) is 5.93. The third-order valence-corrected chi connectivity index (χ3v) is 4.29. The molecule has 0 N–H and O–H groups in total. The largest absolute Gasteiger partial charge is 0.242 e. The lowest BCUT2D eigenvalue weighted by atomic mass is 10.1. The summed E-state index contributed by atoms with van der Waals surface area (Å²) in [6.45, 7) is 4.17. The molecule has 0 aliphatic heterocycles. The molecule has 0 amide bonds. The van der Waals surface area contributed by atoms with Crippen LogP contribution in [0.1, 0.15) is 53.9 Å².